The highest BCUT2D eigenvalue weighted by molar-refractivity contribution is 5.83. The molecule has 26 heavy (non-hydrogen) atoms. The van der Waals surface area contributed by atoms with Crippen LogP contribution < -0.4 is 5.32 Å². The van der Waals surface area contributed by atoms with Gasteiger partial charge in [0.15, 0.2) is 0 Å². The fourth-order valence-corrected chi connectivity index (χ4v) is 3.41. The second kappa shape index (κ2) is 7.83. The Balaban J connectivity index is 1.59. The SMILES string of the molecule is c1ccc(NCC[C@H](c2ccc3ccccc3c2)c2ccccn2)cc1. The van der Waals surface area contributed by atoms with Crippen molar-refractivity contribution >= 4 is 16.5 Å². The second-order valence-corrected chi connectivity index (χ2v) is 6.50. The van der Waals surface area contributed by atoms with Crippen LogP contribution in [0, 0.1) is 0 Å². The van der Waals surface area contributed by atoms with Crippen molar-refractivity contribution in [3.05, 3.63) is 108 Å². The number of hydrogen-bond donors (Lipinski definition) is 1. The van der Waals surface area contributed by atoms with Gasteiger partial charge in [0.25, 0.3) is 0 Å². The first-order valence-corrected chi connectivity index (χ1v) is 9.09. The third kappa shape index (κ3) is 3.75. The van der Waals surface area contributed by atoms with Crippen LogP contribution in [0.4, 0.5) is 5.69 Å². The van der Waals surface area contributed by atoms with Gasteiger partial charge in [0, 0.05) is 30.0 Å². The first kappa shape index (κ1) is 16.3. The summed E-state index contributed by atoms with van der Waals surface area (Å²) >= 11 is 0. The molecule has 4 rings (SSSR count). The van der Waals surface area contributed by atoms with Crippen LogP contribution in [0.3, 0.4) is 0 Å². The van der Waals surface area contributed by atoms with Gasteiger partial charge in [0.2, 0.25) is 0 Å². The summed E-state index contributed by atoms with van der Waals surface area (Å²) in [6.07, 6.45) is 2.87. The van der Waals surface area contributed by atoms with E-state index in [0.29, 0.717) is 0 Å². The Morgan fingerprint density at radius 3 is 2.31 bits per heavy atom. The molecule has 0 saturated carbocycles. The third-order valence-electron chi connectivity index (χ3n) is 4.76. The van der Waals surface area contributed by atoms with Gasteiger partial charge >= 0.3 is 0 Å². The van der Waals surface area contributed by atoms with Gasteiger partial charge in [-0.05, 0) is 47.0 Å². The molecule has 4 aromatic rings. The molecule has 0 unspecified atom stereocenters. The number of nitrogens with one attached hydrogen (secondary N) is 1. The zero-order chi connectivity index (χ0) is 17.6. The van der Waals surface area contributed by atoms with Gasteiger partial charge in [-0.1, -0.05) is 66.7 Å². The van der Waals surface area contributed by atoms with E-state index in [4.69, 9.17) is 0 Å². The van der Waals surface area contributed by atoms with Crippen molar-refractivity contribution in [2.45, 2.75) is 12.3 Å². The molecule has 0 fully saturated rings. The van der Waals surface area contributed by atoms with E-state index in [0.717, 1.165) is 24.3 Å². The molecule has 0 aliphatic carbocycles. The number of fused-ring (bicyclic) bond motifs is 1. The van der Waals surface area contributed by atoms with Crippen molar-refractivity contribution in [2.24, 2.45) is 0 Å². The highest BCUT2D eigenvalue weighted by Crippen LogP contribution is 2.29. The Bertz CT molecular complexity index is 965. The van der Waals surface area contributed by atoms with E-state index in [1.54, 1.807) is 0 Å². The van der Waals surface area contributed by atoms with E-state index in [1.165, 1.54) is 16.3 Å². The Morgan fingerprint density at radius 2 is 1.50 bits per heavy atom. The van der Waals surface area contributed by atoms with Crippen molar-refractivity contribution < 1.29 is 0 Å². The zero-order valence-corrected chi connectivity index (χ0v) is 14.7. The minimum atomic E-state index is 0.275. The Morgan fingerprint density at radius 1 is 0.731 bits per heavy atom. The van der Waals surface area contributed by atoms with Crippen molar-refractivity contribution in [2.75, 3.05) is 11.9 Å². The number of pyridine rings is 1. The van der Waals surface area contributed by atoms with Crippen LogP contribution in [-0.2, 0) is 0 Å². The molecule has 1 N–H and O–H groups in total. The van der Waals surface area contributed by atoms with Crippen LogP contribution in [-0.4, -0.2) is 11.5 Å². The molecule has 0 spiro atoms. The predicted molar refractivity (Wildman–Crippen MR) is 110 cm³/mol. The smallest absolute Gasteiger partial charge is 0.0479 e. The van der Waals surface area contributed by atoms with Gasteiger partial charge in [-0.25, -0.2) is 0 Å². The number of anilines is 1. The quantitative estimate of drug-likeness (QED) is 0.475. The second-order valence-electron chi connectivity index (χ2n) is 6.50. The first-order valence-electron chi connectivity index (χ1n) is 9.09. The largest absolute Gasteiger partial charge is 0.385 e. The lowest BCUT2D eigenvalue weighted by Gasteiger charge is -2.18. The molecule has 1 heterocycles. The highest BCUT2D eigenvalue weighted by atomic mass is 14.9. The van der Waals surface area contributed by atoms with Crippen LogP contribution in [0.15, 0.2) is 97.2 Å². The summed E-state index contributed by atoms with van der Waals surface area (Å²) in [6, 6.07) is 31.8. The van der Waals surface area contributed by atoms with E-state index < -0.39 is 0 Å². The summed E-state index contributed by atoms with van der Waals surface area (Å²) in [5.41, 5.74) is 3.60. The summed E-state index contributed by atoms with van der Waals surface area (Å²) in [7, 11) is 0. The van der Waals surface area contributed by atoms with Gasteiger partial charge in [0.05, 0.1) is 0 Å². The van der Waals surface area contributed by atoms with Crippen molar-refractivity contribution in [3.8, 4) is 0 Å². The lowest BCUT2D eigenvalue weighted by Crippen LogP contribution is -2.10. The van der Waals surface area contributed by atoms with Crippen LogP contribution in [0.25, 0.3) is 10.8 Å². The van der Waals surface area contributed by atoms with Crippen LogP contribution in [0.5, 0.6) is 0 Å². The molecule has 0 bridgehead atoms. The summed E-state index contributed by atoms with van der Waals surface area (Å²) in [5.74, 6) is 0.275. The molecule has 2 nitrogen and oxygen atoms in total. The summed E-state index contributed by atoms with van der Waals surface area (Å²) < 4.78 is 0. The first-order chi connectivity index (χ1) is 12.9. The average Bonchev–Trinajstić information content (AvgIpc) is 2.72. The molecule has 0 radical (unpaired) electrons. The molecule has 128 valence electrons. The van der Waals surface area contributed by atoms with Crippen molar-refractivity contribution in [1.82, 2.24) is 4.98 Å². The predicted octanol–water partition coefficient (Wildman–Crippen LogP) is 5.87. The Labute approximate surface area is 154 Å². The molecule has 2 heteroatoms. The number of hydrogen-bond acceptors (Lipinski definition) is 2. The van der Waals surface area contributed by atoms with Gasteiger partial charge in [0.1, 0.15) is 0 Å². The van der Waals surface area contributed by atoms with E-state index in [1.807, 2.05) is 18.3 Å². The van der Waals surface area contributed by atoms with E-state index in [2.05, 4.69) is 89.2 Å². The number of nitrogens with zero attached hydrogens (tertiary/aromatic N) is 1. The lowest BCUT2D eigenvalue weighted by molar-refractivity contribution is 0.722. The van der Waals surface area contributed by atoms with Crippen molar-refractivity contribution in [3.63, 3.8) is 0 Å². The van der Waals surface area contributed by atoms with Gasteiger partial charge < -0.3 is 5.32 Å². The maximum absolute atomic E-state index is 4.63. The number of rotatable bonds is 6. The monoisotopic (exact) mass is 338 g/mol. The molecular weight excluding hydrogens is 316 g/mol. The molecule has 0 amide bonds. The van der Waals surface area contributed by atoms with E-state index in [-0.39, 0.29) is 5.92 Å². The molecule has 1 atom stereocenters. The zero-order valence-electron chi connectivity index (χ0n) is 14.7. The van der Waals surface area contributed by atoms with E-state index in [9.17, 15) is 0 Å². The Hall–Kier alpha value is -3.13. The molecule has 1 aromatic heterocycles. The Kier molecular flexibility index (Phi) is 4.92. The highest BCUT2D eigenvalue weighted by Gasteiger charge is 2.15. The number of para-hydroxylation sites is 1. The number of aromatic nitrogens is 1. The van der Waals surface area contributed by atoms with E-state index >= 15 is 0 Å². The summed E-state index contributed by atoms with van der Waals surface area (Å²) in [4.78, 5) is 4.63. The average molecular weight is 338 g/mol. The lowest BCUT2D eigenvalue weighted by atomic mass is 9.90. The maximum atomic E-state index is 4.63. The minimum Gasteiger partial charge on any atom is -0.385 e. The van der Waals surface area contributed by atoms with Crippen LogP contribution >= 0.6 is 0 Å². The van der Waals surface area contributed by atoms with Crippen molar-refractivity contribution in [1.29, 1.82) is 0 Å². The minimum absolute atomic E-state index is 0.275. The molecular formula is C24H22N2. The molecule has 0 saturated heterocycles. The third-order valence-corrected chi connectivity index (χ3v) is 4.76. The molecule has 0 aliphatic rings. The van der Waals surface area contributed by atoms with Gasteiger partial charge in [-0.3, -0.25) is 4.98 Å². The maximum Gasteiger partial charge on any atom is 0.0479 e. The molecule has 3 aromatic carbocycles. The van der Waals surface area contributed by atoms with Gasteiger partial charge in [-0.2, -0.15) is 0 Å². The van der Waals surface area contributed by atoms with Gasteiger partial charge in [-0.15, -0.1) is 0 Å². The van der Waals surface area contributed by atoms with Crippen LogP contribution in [0.2, 0.25) is 0 Å². The molecule has 0 aliphatic heterocycles. The fraction of sp³-hybridized carbons (Fsp3) is 0.125. The van der Waals surface area contributed by atoms with Crippen LogP contribution in [0.1, 0.15) is 23.6 Å². The summed E-state index contributed by atoms with van der Waals surface area (Å²) in [5, 5.41) is 6.08. The summed E-state index contributed by atoms with van der Waals surface area (Å²) in [6.45, 7) is 0.901. The number of benzene rings is 3. The normalized spacial score (nSPS) is 12.0. The fourth-order valence-electron chi connectivity index (χ4n) is 3.41. The topological polar surface area (TPSA) is 24.9 Å². The standard InChI is InChI=1S/C24H22N2/c1-2-10-22(11-3-1)25-17-15-23(24-12-6-7-16-26-24)21-14-13-19-8-4-5-9-20(19)18-21/h1-14,16,18,23,25H,15,17H2/t23-/m1/s1.